The van der Waals surface area contributed by atoms with Crippen LogP contribution in [0.3, 0.4) is 0 Å². The zero-order valence-electron chi connectivity index (χ0n) is 16.4. The van der Waals surface area contributed by atoms with Crippen molar-refractivity contribution < 1.29 is 9.13 Å². The van der Waals surface area contributed by atoms with Crippen molar-refractivity contribution in [3.8, 4) is 6.01 Å². The molecule has 0 N–H and O–H groups in total. The molecule has 27 heavy (non-hydrogen) atoms. The number of methoxy groups -OCH3 is 1. The predicted molar refractivity (Wildman–Crippen MR) is 104 cm³/mol. The number of halogens is 1. The van der Waals surface area contributed by atoms with Gasteiger partial charge in [0, 0.05) is 50.2 Å². The van der Waals surface area contributed by atoms with Crippen molar-refractivity contribution in [2.24, 2.45) is 5.92 Å². The first-order valence-electron chi connectivity index (χ1n) is 9.61. The summed E-state index contributed by atoms with van der Waals surface area (Å²) in [5, 5.41) is 0. The van der Waals surface area contributed by atoms with E-state index in [-0.39, 0.29) is 5.82 Å². The van der Waals surface area contributed by atoms with Gasteiger partial charge in [0.15, 0.2) is 0 Å². The molecule has 146 valence electrons. The fourth-order valence-corrected chi connectivity index (χ4v) is 3.72. The van der Waals surface area contributed by atoms with Crippen LogP contribution in [0.25, 0.3) is 0 Å². The maximum atomic E-state index is 13.2. The first-order chi connectivity index (χ1) is 13.0. The highest BCUT2D eigenvalue weighted by molar-refractivity contribution is 5.16. The van der Waals surface area contributed by atoms with Crippen LogP contribution in [0.1, 0.15) is 31.4 Å². The van der Waals surface area contributed by atoms with Crippen molar-refractivity contribution in [2.75, 3.05) is 26.7 Å². The molecule has 1 aromatic heterocycles. The Morgan fingerprint density at radius 1 is 1.07 bits per heavy atom. The van der Waals surface area contributed by atoms with Gasteiger partial charge in [0.2, 0.25) is 0 Å². The molecular formula is C21H29FN4O. The Morgan fingerprint density at radius 2 is 1.78 bits per heavy atom. The summed E-state index contributed by atoms with van der Waals surface area (Å²) < 4.78 is 18.2. The van der Waals surface area contributed by atoms with Crippen LogP contribution in [-0.4, -0.2) is 52.6 Å². The van der Waals surface area contributed by atoms with Crippen LogP contribution in [0.15, 0.2) is 36.7 Å². The number of hydrogen-bond acceptors (Lipinski definition) is 5. The summed E-state index contributed by atoms with van der Waals surface area (Å²) >= 11 is 0. The van der Waals surface area contributed by atoms with E-state index in [2.05, 4.69) is 33.6 Å². The van der Waals surface area contributed by atoms with Gasteiger partial charge in [-0.05, 0) is 36.6 Å². The normalized spacial score (nSPS) is 19.2. The molecule has 3 rings (SSSR count). The molecule has 1 aliphatic heterocycles. The molecule has 0 bridgehead atoms. The van der Waals surface area contributed by atoms with Crippen molar-refractivity contribution in [1.29, 1.82) is 0 Å². The molecule has 0 saturated carbocycles. The number of aromatic nitrogens is 2. The highest BCUT2D eigenvalue weighted by Gasteiger charge is 2.27. The minimum Gasteiger partial charge on any atom is -0.467 e. The van der Waals surface area contributed by atoms with Gasteiger partial charge in [-0.2, -0.15) is 0 Å². The molecular weight excluding hydrogens is 343 g/mol. The van der Waals surface area contributed by atoms with Crippen molar-refractivity contribution in [1.82, 2.24) is 19.8 Å². The highest BCUT2D eigenvalue weighted by Crippen LogP contribution is 2.21. The largest absolute Gasteiger partial charge is 0.467 e. The Labute approximate surface area is 161 Å². The Kier molecular flexibility index (Phi) is 6.74. The third-order valence-electron chi connectivity index (χ3n) is 5.17. The first-order valence-corrected chi connectivity index (χ1v) is 9.61. The van der Waals surface area contributed by atoms with E-state index < -0.39 is 0 Å². The Morgan fingerprint density at radius 3 is 2.41 bits per heavy atom. The summed E-state index contributed by atoms with van der Waals surface area (Å²) in [6.45, 7) is 9.38. The van der Waals surface area contributed by atoms with E-state index in [1.54, 1.807) is 19.2 Å². The minimum atomic E-state index is -0.178. The maximum absolute atomic E-state index is 13.2. The molecule has 0 amide bonds. The zero-order valence-corrected chi connectivity index (χ0v) is 16.4. The summed E-state index contributed by atoms with van der Waals surface area (Å²) in [5.41, 5.74) is 2.27. The molecule has 2 heterocycles. The van der Waals surface area contributed by atoms with Gasteiger partial charge < -0.3 is 4.74 Å². The summed E-state index contributed by atoms with van der Waals surface area (Å²) in [5.74, 6) is 0.362. The molecule has 1 fully saturated rings. The lowest BCUT2D eigenvalue weighted by atomic mass is 10.0. The van der Waals surface area contributed by atoms with E-state index in [1.807, 2.05) is 24.5 Å². The van der Waals surface area contributed by atoms with Gasteiger partial charge in [0.05, 0.1) is 7.11 Å². The lowest BCUT2D eigenvalue weighted by Crippen LogP contribution is -2.43. The second-order valence-electron chi connectivity index (χ2n) is 7.57. The van der Waals surface area contributed by atoms with Crippen LogP contribution in [0.2, 0.25) is 0 Å². The average molecular weight is 372 g/mol. The fourth-order valence-electron chi connectivity index (χ4n) is 3.72. The van der Waals surface area contributed by atoms with Gasteiger partial charge >= 0.3 is 6.01 Å². The monoisotopic (exact) mass is 372 g/mol. The van der Waals surface area contributed by atoms with Gasteiger partial charge in [-0.25, -0.2) is 14.4 Å². The van der Waals surface area contributed by atoms with E-state index in [4.69, 9.17) is 4.74 Å². The molecule has 0 aliphatic carbocycles. The Hall–Kier alpha value is -2.05. The molecule has 5 nitrogen and oxygen atoms in total. The van der Waals surface area contributed by atoms with Gasteiger partial charge in [0.1, 0.15) is 5.82 Å². The first kappa shape index (κ1) is 19.7. The molecule has 1 atom stereocenters. The lowest BCUT2D eigenvalue weighted by molar-refractivity contribution is 0.130. The third-order valence-corrected chi connectivity index (χ3v) is 5.17. The Balaban J connectivity index is 1.67. The summed E-state index contributed by atoms with van der Waals surface area (Å²) in [7, 11) is 1.58. The van der Waals surface area contributed by atoms with Crippen LogP contribution < -0.4 is 4.74 Å². The van der Waals surface area contributed by atoms with E-state index in [0.29, 0.717) is 18.0 Å². The van der Waals surface area contributed by atoms with Crippen molar-refractivity contribution in [2.45, 2.75) is 39.4 Å². The molecule has 1 aromatic carbocycles. The topological polar surface area (TPSA) is 41.5 Å². The summed E-state index contributed by atoms with van der Waals surface area (Å²) in [6.07, 6.45) is 4.80. The molecule has 1 unspecified atom stereocenters. The molecule has 0 spiro atoms. The second-order valence-corrected chi connectivity index (χ2v) is 7.57. The summed E-state index contributed by atoms with van der Waals surface area (Å²) in [4.78, 5) is 13.5. The van der Waals surface area contributed by atoms with E-state index >= 15 is 0 Å². The van der Waals surface area contributed by atoms with Gasteiger partial charge in [-0.3, -0.25) is 9.80 Å². The maximum Gasteiger partial charge on any atom is 0.316 e. The van der Waals surface area contributed by atoms with Crippen molar-refractivity contribution in [3.63, 3.8) is 0 Å². The molecule has 6 heteroatoms. The molecule has 1 saturated heterocycles. The minimum absolute atomic E-state index is 0.178. The zero-order chi connectivity index (χ0) is 19.2. The Bertz CT molecular complexity index is 705. The van der Waals surface area contributed by atoms with Crippen LogP contribution in [-0.2, 0) is 13.1 Å². The van der Waals surface area contributed by atoms with E-state index in [9.17, 15) is 4.39 Å². The fraction of sp³-hybridized carbons (Fsp3) is 0.524. The van der Waals surface area contributed by atoms with Gasteiger partial charge in [-0.1, -0.05) is 26.0 Å². The second kappa shape index (κ2) is 9.24. The number of nitrogens with zero attached hydrogens (tertiary/aromatic N) is 4. The molecule has 0 radical (unpaired) electrons. The predicted octanol–water partition coefficient (Wildman–Crippen LogP) is 3.36. The van der Waals surface area contributed by atoms with Crippen LogP contribution in [0.5, 0.6) is 6.01 Å². The average Bonchev–Trinajstić information content (AvgIpc) is 2.86. The van der Waals surface area contributed by atoms with Crippen LogP contribution in [0.4, 0.5) is 4.39 Å². The highest BCUT2D eigenvalue weighted by atomic mass is 19.1. The third kappa shape index (κ3) is 5.47. The SMILES string of the molecule is COc1ncc(CN2CCCN(Cc3ccc(F)cc3)C(C(C)C)C2)cn1. The van der Waals surface area contributed by atoms with Gasteiger partial charge in [0.25, 0.3) is 0 Å². The lowest BCUT2D eigenvalue weighted by Gasteiger charge is -2.34. The van der Waals surface area contributed by atoms with Crippen LogP contribution >= 0.6 is 0 Å². The number of benzene rings is 1. The number of hydrogen-bond donors (Lipinski definition) is 0. The van der Waals surface area contributed by atoms with E-state index in [0.717, 1.165) is 44.7 Å². The quantitative estimate of drug-likeness (QED) is 0.778. The van der Waals surface area contributed by atoms with Gasteiger partial charge in [-0.15, -0.1) is 0 Å². The molecule has 2 aromatic rings. The van der Waals surface area contributed by atoms with E-state index in [1.165, 1.54) is 5.56 Å². The smallest absolute Gasteiger partial charge is 0.316 e. The summed E-state index contributed by atoms with van der Waals surface area (Å²) in [6, 6.07) is 7.74. The van der Waals surface area contributed by atoms with Crippen molar-refractivity contribution >= 4 is 0 Å². The molecule has 1 aliphatic rings. The number of ether oxygens (including phenoxy) is 1. The van der Waals surface area contributed by atoms with Crippen LogP contribution in [0, 0.1) is 11.7 Å². The number of rotatable bonds is 6. The standard InChI is InChI=1S/C21H29FN4O/c1-16(2)20-15-25(13-18-11-23-21(27-3)24-12-18)9-4-10-26(20)14-17-5-7-19(22)8-6-17/h5-8,11-12,16,20H,4,9-10,13-15H2,1-3H3. The van der Waals surface area contributed by atoms with Crippen molar-refractivity contribution in [3.05, 3.63) is 53.6 Å².